The van der Waals surface area contributed by atoms with Crippen LogP contribution >= 0.6 is 0 Å². The summed E-state index contributed by atoms with van der Waals surface area (Å²) in [6.45, 7) is 2.18. The summed E-state index contributed by atoms with van der Waals surface area (Å²) in [6, 6.07) is 9.49. The third-order valence-electron chi connectivity index (χ3n) is 3.74. The van der Waals surface area contributed by atoms with Crippen molar-refractivity contribution in [1.29, 1.82) is 0 Å². The van der Waals surface area contributed by atoms with Crippen molar-refractivity contribution in [2.24, 2.45) is 0 Å². The molecule has 5 nitrogen and oxygen atoms in total. The average Bonchev–Trinajstić information content (AvgIpc) is 2.62. The van der Waals surface area contributed by atoms with E-state index >= 15 is 0 Å². The van der Waals surface area contributed by atoms with Crippen molar-refractivity contribution in [3.63, 3.8) is 0 Å². The van der Waals surface area contributed by atoms with Gasteiger partial charge in [0.1, 0.15) is 0 Å². The average molecular weight is 379 g/mol. The lowest BCUT2D eigenvalue weighted by Crippen LogP contribution is -2.39. The third-order valence-corrected chi connectivity index (χ3v) is 3.74. The molecule has 0 saturated carbocycles. The summed E-state index contributed by atoms with van der Waals surface area (Å²) in [5.41, 5.74) is 1.69. The van der Waals surface area contributed by atoms with E-state index in [2.05, 4.69) is 10.6 Å². The largest absolute Gasteiger partial charge is 0.346 e. The molecule has 0 aliphatic heterocycles. The number of rotatable bonds is 7. The quantitative estimate of drug-likeness (QED) is 0.727. The van der Waals surface area contributed by atoms with Gasteiger partial charge in [-0.1, -0.05) is 29.8 Å². The van der Waals surface area contributed by atoms with E-state index in [1.807, 2.05) is 31.2 Å². The Labute approximate surface area is 155 Å². The molecule has 27 heavy (non-hydrogen) atoms. The minimum absolute atomic E-state index is 0.0562. The molecule has 0 fully saturated rings. The highest BCUT2D eigenvalue weighted by Crippen LogP contribution is 2.19. The molecule has 144 valence electrons. The van der Waals surface area contributed by atoms with E-state index in [1.54, 1.807) is 11.9 Å². The van der Waals surface area contributed by atoms with Gasteiger partial charge < -0.3 is 10.6 Å². The molecule has 0 saturated heterocycles. The zero-order valence-corrected chi connectivity index (χ0v) is 15.0. The van der Waals surface area contributed by atoms with Crippen molar-refractivity contribution in [3.05, 3.63) is 65.0 Å². The molecular formula is C19H20F3N3O2. The molecule has 0 radical (unpaired) electrons. The summed E-state index contributed by atoms with van der Waals surface area (Å²) in [4.78, 5) is 25.4. The SMILES string of the molecule is Cc1ccc(CN(C)CC(=O)NCC(=O)Nc2ccc(F)c(F)c2F)cc1. The zero-order chi connectivity index (χ0) is 20.0. The van der Waals surface area contributed by atoms with Crippen LogP contribution in [0.15, 0.2) is 36.4 Å². The maximum atomic E-state index is 13.5. The van der Waals surface area contributed by atoms with Crippen molar-refractivity contribution in [1.82, 2.24) is 10.2 Å². The van der Waals surface area contributed by atoms with Crippen LogP contribution in [0.5, 0.6) is 0 Å². The molecule has 0 aromatic heterocycles. The van der Waals surface area contributed by atoms with Gasteiger partial charge in [-0.3, -0.25) is 14.5 Å². The molecule has 2 aromatic carbocycles. The van der Waals surface area contributed by atoms with E-state index in [0.717, 1.165) is 17.2 Å². The highest BCUT2D eigenvalue weighted by molar-refractivity contribution is 5.94. The van der Waals surface area contributed by atoms with E-state index in [-0.39, 0.29) is 6.54 Å². The van der Waals surface area contributed by atoms with E-state index in [1.165, 1.54) is 0 Å². The molecule has 0 aliphatic carbocycles. The fourth-order valence-corrected chi connectivity index (χ4v) is 2.36. The number of likely N-dealkylation sites (N-methyl/N-ethyl adjacent to an activating group) is 1. The van der Waals surface area contributed by atoms with Crippen molar-refractivity contribution in [3.8, 4) is 0 Å². The normalized spacial score (nSPS) is 10.7. The molecule has 0 bridgehead atoms. The fourth-order valence-electron chi connectivity index (χ4n) is 2.36. The van der Waals surface area contributed by atoms with Crippen molar-refractivity contribution < 1.29 is 22.8 Å². The number of benzene rings is 2. The van der Waals surface area contributed by atoms with Gasteiger partial charge in [-0.25, -0.2) is 13.2 Å². The standard InChI is InChI=1S/C19H20F3N3O2/c1-12-3-5-13(6-4-12)10-25(2)11-17(27)23-9-16(26)24-15-8-7-14(20)18(21)19(15)22/h3-8H,9-11H2,1-2H3,(H,23,27)(H,24,26). The fraction of sp³-hybridized carbons (Fsp3) is 0.263. The molecule has 2 amide bonds. The summed E-state index contributed by atoms with van der Waals surface area (Å²) >= 11 is 0. The molecule has 0 spiro atoms. The molecule has 2 rings (SSSR count). The highest BCUT2D eigenvalue weighted by atomic mass is 19.2. The number of amides is 2. The Hall–Kier alpha value is -2.87. The van der Waals surface area contributed by atoms with E-state index in [0.29, 0.717) is 12.6 Å². The number of carbonyl (C=O) groups is 2. The number of carbonyl (C=O) groups excluding carboxylic acids is 2. The number of anilines is 1. The number of nitrogens with zero attached hydrogens (tertiary/aromatic N) is 1. The predicted octanol–water partition coefficient (Wildman–Crippen LogP) is 2.60. The first-order valence-corrected chi connectivity index (χ1v) is 8.20. The summed E-state index contributed by atoms with van der Waals surface area (Å²) < 4.78 is 39.5. The van der Waals surface area contributed by atoms with E-state index in [4.69, 9.17) is 0 Å². The van der Waals surface area contributed by atoms with Gasteiger partial charge in [0.25, 0.3) is 0 Å². The lowest BCUT2D eigenvalue weighted by Gasteiger charge is -2.16. The second-order valence-corrected chi connectivity index (χ2v) is 6.21. The highest BCUT2D eigenvalue weighted by Gasteiger charge is 2.16. The molecule has 0 atom stereocenters. The van der Waals surface area contributed by atoms with Gasteiger partial charge in [-0.15, -0.1) is 0 Å². The van der Waals surface area contributed by atoms with Crippen LogP contribution in [0.25, 0.3) is 0 Å². The Kier molecular flexibility index (Phi) is 6.95. The smallest absolute Gasteiger partial charge is 0.243 e. The van der Waals surface area contributed by atoms with Gasteiger partial charge in [0.15, 0.2) is 17.5 Å². The zero-order valence-electron chi connectivity index (χ0n) is 15.0. The topological polar surface area (TPSA) is 61.4 Å². The second-order valence-electron chi connectivity index (χ2n) is 6.21. The number of halogens is 3. The first-order valence-electron chi connectivity index (χ1n) is 8.20. The van der Waals surface area contributed by atoms with Crippen LogP contribution in [0.1, 0.15) is 11.1 Å². The summed E-state index contributed by atoms with van der Waals surface area (Å²) in [5, 5.41) is 4.47. The lowest BCUT2D eigenvalue weighted by molar-refractivity contribution is -0.124. The Morgan fingerprint density at radius 1 is 0.963 bits per heavy atom. The van der Waals surface area contributed by atoms with Crippen LogP contribution in [-0.4, -0.2) is 36.9 Å². The minimum atomic E-state index is -1.67. The van der Waals surface area contributed by atoms with E-state index in [9.17, 15) is 22.8 Å². The first-order chi connectivity index (χ1) is 12.8. The number of aryl methyl sites for hydroxylation is 1. The number of nitrogens with one attached hydrogen (secondary N) is 2. The van der Waals surface area contributed by atoms with Gasteiger partial charge in [0.05, 0.1) is 18.8 Å². The van der Waals surface area contributed by atoms with Crippen molar-refractivity contribution >= 4 is 17.5 Å². The van der Waals surface area contributed by atoms with Gasteiger partial charge >= 0.3 is 0 Å². The monoisotopic (exact) mass is 379 g/mol. The van der Waals surface area contributed by atoms with Crippen LogP contribution in [0.3, 0.4) is 0 Å². The van der Waals surface area contributed by atoms with Crippen LogP contribution in [0.2, 0.25) is 0 Å². The third kappa shape index (κ3) is 6.10. The first kappa shape index (κ1) is 20.4. The lowest BCUT2D eigenvalue weighted by atomic mass is 10.1. The molecule has 0 aliphatic rings. The molecule has 2 aromatic rings. The second kappa shape index (κ2) is 9.18. The van der Waals surface area contributed by atoms with Crippen molar-refractivity contribution in [2.75, 3.05) is 25.5 Å². The Morgan fingerprint density at radius 2 is 1.63 bits per heavy atom. The Balaban J connectivity index is 1.78. The Morgan fingerprint density at radius 3 is 2.30 bits per heavy atom. The van der Waals surface area contributed by atoms with E-state index < -0.39 is 41.5 Å². The van der Waals surface area contributed by atoms with Crippen LogP contribution < -0.4 is 10.6 Å². The van der Waals surface area contributed by atoms with Crippen molar-refractivity contribution in [2.45, 2.75) is 13.5 Å². The van der Waals surface area contributed by atoms with Gasteiger partial charge in [0, 0.05) is 6.54 Å². The molecular weight excluding hydrogens is 359 g/mol. The molecule has 0 unspecified atom stereocenters. The maximum absolute atomic E-state index is 13.5. The predicted molar refractivity (Wildman–Crippen MR) is 95.5 cm³/mol. The van der Waals surface area contributed by atoms with Crippen LogP contribution in [0, 0.1) is 24.4 Å². The van der Waals surface area contributed by atoms with Gasteiger partial charge in [0.2, 0.25) is 11.8 Å². The molecule has 8 heteroatoms. The number of hydrogen-bond acceptors (Lipinski definition) is 3. The summed E-state index contributed by atoms with van der Waals surface area (Å²) in [6.07, 6.45) is 0. The minimum Gasteiger partial charge on any atom is -0.346 e. The maximum Gasteiger partial charge on any atom is 0.243 e. The summed E-state index contributed by atoms with van der Waals surface area (Å²) in [7, 11) is 1.76. The molecule has 0 heterocycles. The van der Waals surface area contributed by atoms with Crippen LogP contribution in [-0.2, 0) is 16.1 Å². The molecule has 2 N–H and O–H groups in total. The Bertz CT molecular complexity index is 826. The summed E-state index contributed by atoms with van der Waals surface area (Å²) in [5.74, 6) is -5.67. The van der Waals surface area contributed by atoms with Crippen LogP contribution in [0.4, 0.5) is 18.9 Å². The number of hydrogen-bond donors (Lipinski definition) is 2. The van der Waals surface area contributed by atoms with Gasteiger partial charge in [-0.2, -0.15) is 0 Å². The van der Waals surface area contributed by atoms with Gasteiger partial charge in [-0.05, 0) is 31.7 Å².